The number of rotatable bonds is 4. The number of nitrogens with zero attached hydrogens (tertiary/aromatic N) is 4. The molecular formula is C18H22F4IN5S. The number of halogens is 5. The fourth-order valence-electron chi connectivity index (χ4n) is 3.00. The van der Waals surface area contributed by atoms with Gasteiger partial charge in [0.05, 0.1) is 5.01 Å². The Morgan fingerprint density at radius 3 is 2.38 bits per heavy atom. The average molecular weight is 543 g/mol. The van der Waals surface area contributed by atoms with Crippen molar-refractivity contribution in [2.45, 2.75) is 12.6 Å². The largest absolute Gasteiger partial charge is 0.434 e. The van der Waals surface area contributed by atoms with E-state index in [4.69, 9.17) is 0 Å². The summed E-state index contributed by atoms with van der Waals surface area (Å²) in [7, 11) is 1.68. The van der Waals surface area contributed by atoms with Gasteiger partial charge in [0.2, 0.25) is 0 Å². The van der Waals surface area contributed by atoms with Crippen LogP contribution in [-0.4, -0.2) is 55.6 Å². The molecule has 1 fully saturated rings. The Bertz CT molecular complexity index is 801. The molecule has 1 aliphatic rings. The van der Waals surface area contributed by atoms with Gasteiger partial charge < -0.3 is 15.1 Å². The number of hydrogen-bond acceptors (Lipinski definition) is 4. The zero-order valence-corrected chi connectivity index (χ0v) is 18.9. The van der Waals surface area contributed by atoms with Crippen molar-refractivity contribution < 1.29 is 17.6 Å². The lowest BCUT2D eigenvalue weighted by molar-refractivity contribution is -0.140. The summed E-state index contributed by atoms with van der Waals surface area (Å²) in [5.41, 5.74) is 0.141. The highest BCUT2D eigenvalue weighted by Gasteiger charge is 2.33. The van der Waals surface area contributed by atoms with Gasteiger partial charge in [-0.25, -0.2) is 9.37 Å². The van der Waals surface area contributed by atoms with Gasteiger partial charge in [-0.05, 0) is 24.3 Å². The van der Waals surface area contributed by atoms with Crippen LogP contribution in [-0.2, 0) is 12.6 Å². The number of alkyl halides is 3. The van der Waals surface area contributed by atoms with Crippen LogP contribution >= 0.6 is 35.3 Å². The molecule has 0 amide bonds. The topological polar surface area (TPSA) is 43.8 Å². The fourth-order valence-corrected chi connectivity index (χ4v) is 3.80. The van der Waals surface area contributed by atoms with Crippen molar-refractivity contribution in [3.05, 3.63) is 46.2 Å². The average Bonchev–Trinajstić information content (AvgIpc) is 3.16. The third-order valence-corrected chi connectivity index (χ3v) is 5.36. The van der Waals surface area contributed by atoms with Gasteiger partial charge in [0, 0.05) is 57.3 Å². The maximum absolute atomic E-state index is 13.1. The molecular weight excluding hydrogens is 521 g/mol. The van der Waals surface area contributed by atoms with Crippen molar-refractivity contribution in [1.29, 1.82) is 0 Å². The van der Waals surface area contributed by atoms with Gasteiger partial charge in [-0.3, -0.25) is 4.99 Å². The molecule has 0 saturated carbocycles. The summed E-state index contributed by atoms with van der Waals surface area (Å²) in [5.74, 6) is 0.459. The van der Waals surface area contributed by atoms with Gasteiger partial charge in [-0.1, -0.05) is 0 Å². The van der Waals surface area contributed by atoms with E-state index in [1.807, 2.05) is 0 Å². The van der Waals surface area contributed by atoms with E-state index in [1.54, 1.807) is 19.2 Å². The first-order valence-corrected chi connectivity index (χ1v) is 9.72. The van der Waals surface area contributed by atoms with Gasteiger partial charge in [0.25, 0.3) is 0 Å². The SMILES string of the molecule is CN=C(NCCc1nc(C(F)(F)F)cs1)N1CCN(c2ccc(F)cc2)CC1.I. The Morgan fingerprint density at radius 1 is 1.17 bits per heavy atom. The van der Waals surface area contributed by atoms with Crippen LogP contribution in [0.2, 0.25) is 0 Å². The summed E-state index contributed by atoms with van der Waals surface area (Å²) in [6, 6.07) is 6.43. The molecule has 11 heteroatoms. The summed E-state index contributed by atoms with van der Waals surface area (Å²) >= 11 is 1.01. The Morgan fingerprint density at radius 2 is 1.83 bits per heavy atom. The quantitative estimate of drug-likeness (QED) is 0.276. The summed E-state index contributed by atoms with van der Waals surface area (Å²) in [5, 5.41) is 4.67. The highest BCUT2D eigenvalue weighted by Crippen LogP contribution is 2.30. The van der Waals surface area contributed by atoms with E-state index in [0.717, 1.165) is 48.6 Å². The summed E-state index contributed by atoms with van der Waals surface area (Å²) in [6.07, 6.45) is -4.00. The maximum Gasteiger partial charge on any atom is 0.434 e. The van der Waals surface area contributed by atoms with E-state index in [1.165, 1.54) is 12.1 Å². The minimum absolute atomic E-state index is 0. The summed E-state index contributed by atoms with van der Waals surface area (Å²) in [6.45, 7) is 3.48. The molecule has 0 bridgehead atoms. The molecule has 2 aromatic rings. The lowest BCUT2D eigenvalue weighted by Crippen LogP contribution is -2.52. The molecule has 0 atom stereocenters. The summed E-state index contributed by atoms with van der Waals surface area (Å²) in [4.78, 5) is 12.2. The lowest BCUT2D eigenvalue weighted by atomic mass is 10.2. The van der Waals surface area contributed by atoms with E-state index in [9.17, 15) is 17.6 Å². The predicted octanol–water partition coefficient (Wildman–Crippen LogP) is 3.86. The summed E-state index contributed by atoms with van der Waals surface area (Å²) < 4.78 is 50.9. The molecule has 1 aromatic heterocycles. The van der Waals surface area contributed by atoms with Crippen molar-refractivity contribution >= 4 is 47.0 Å². The minimum Gasteiger partial charge on any atom is -0.368 e. The predicted molar refractivity (Wildman–Crippen MR) is 118 cm³/mol. The Kier molecular flexibility index (Phi) is 8.49. The molecule has 0 aliphatic carbocycles. The van der Waals surface area contributed by atoms with Crippen molar-refractivity contribution in [3.8, 4) is 0 Å². The standard InChI is InChI=1S/C18H21F4N5S.HI/c1-23-17(24-7-6-16-25-15(12-28-16)18(20,21)22)27-10-8-26(9-11-27)14-4-2-13(19)3-5-14;/h2-5,12H,6-11H2,1H3,(H,23,24);1H. The van der Waals surface area contributed by atoms with E-state index < -0.39 is 11.9 Å². The second-order valence-corrected chi connectivity index (χ2v) is 7.24. The second kappa shape index (κ2) is 10.4. The van der Waals surface area contributed by atoms with Crippen LogP contribution in [0.5, 0.6) is 0 Å². The fraction of sp³-hybridized carbons (Fsp3) is 0.444. The van der Waals surface area contributed by atoms with Crippen molar-refractivity contribution in [1.82, 2.24) is 15.2 Å². The number of anilines is 1. The van der Waals surface area contributed by atoms with E-state index in [-0.39, 0.29) is 29.8 Å². The molecule has 0 unspecified atom stereocenters. The van der Waals surface area contributed by atoms with Crippen LogP contribution in [0.3, 0.4) is 0 Å². The number of aliphatic imine (C=N–C) groups is 1. The first-order valence-electron chi connectivity index (χ1n) is 8.84. The Balaban J connectivity index is 0.00000300. The number of guanidine groups is 1. The van der Waals surface area contributed by atoms with Crippen LogP contribution in [0.25, 0.3) is 0 Å². The highest BCUT2D eigenvalue weighted by atomic mass is 127. The van der Waals surface area contributed by atoms with Gasteiger partial charge in [0.15, 0.2) is 11.7 Å². The van der Waals surface area contributed by atoms with Crippen LogP contribution in [0, 0.1) is 5.82 Å². The molecule has 1 N–H and O–H groups in total. The number of hydrogen-bond donors (Lipinski definition) is 1. The van der Waals surface area contributed by atoms with E-state index in [0.29, 0.717) is 23.9 Å². The zero-order valence-electron chi connectivity index (χ0n) is 15.7. The van der Waals surface area contributed by atoms with Gasteiger partial charge in [0.1, 0.15) is 5.82 Å². The number of piperazine rings is 1. The number of aromatic nitrogens is 1. The monoisotopic (exact) mass is 543 g/mol. The number of benzene rings is 1. The van der Waals surface area contributed by atoms with E-state index in [2.05, 4.69) is 25.1 Å². The van der Waals surface area contributed by atoms with Gasteiger partial charge >= 0.3 is 6.18 Å². The molecule has 5 nitrogen and oxygen atoms in total. The molecule has 160 valence electrons. The van der Waals surface area contributed by atoms with Crippen molar-refractivity contribution in [3.63, 3.8) is 0 Å². The first kappa shape index (κ1) is 23.6. The second-order valence-electron chi connectivity index (χ2n) is 6.30. The molecule has 2 heterocycles. The molecule has 0 spiro atoms. The number of thiazole rings is 1. The normalized spacial score (nSPS) is 15.3. The Hall–Kier alpha value is -1.63. The van der Waals surface area contributed by atoms with Gasteiger partial charge in [-0.2, -0.15) is 13.2 Å². The maximum atomic E-state index is 13.1. The molecule has 1 saturated heterocycles. The van der Waals surface area contributed by atoms with Crippen LogP contribution in [0.1, 0.15) is 10.7 Å². The number of nitrogens with one attached hydrogen (secondary N) is 1. The molecule has 3 rings (SSSR count). The van der Waals surface area contributed by atoms with Gasteiger partial charge in [-0.15, -0.1) is 35.3 Å². The van der Waals surface area contributed by atoms with Crippen LogP contribution < -0.4 is 10.2 Å². The third kappa shape index (κ3) is 6.43. The Labute approximate surface area is 187 Å². The lowest BCUT2D eigenvalue weighted by Gasteiger charge is -2.37. The zero-order chi connectivity index (χ0) is 20.1. The molecule has 0 radical (unpaired) electrons. The van der Waals surface area contributed by atoms with Crippen LogP contribution in [0.15, 0.2) is 34.6 Å². The minimum atomic E-state index is -4.40. The first-order chi connectivity index (χ1) is 13.4. The molecule has 1 aromatic carbocycles. The third-order valence-electron chi connectivity index (χ3n) is 4.45. The van der Waals surface area contributed by atoms with Crippen molar-refractivity contribution in [2.24, 2.45) is 4.99 Å². The highest BCUT2D eigenvalue weighted by molar-refractivity contribution is 14.0. The molecule has 1 aliphatic heterocycles. The van der Waals surface area contributed by atoms with E-state index >= 15 is 0 Å². The van der Waals surface area contributed by atoms with Crippen molar-refractivity contribution in [2.75, 3.05) is 44.7 Å². The molecule has 29 heavy (non-hydrogen) atoms. The van der Waals surface area contributed by atoms with Crippen LogP contribution in [0.4, 0.5) is 23.2 Å². The smallest absolute Gasteiger partial charge is 0.368 e.